The number of aryl methyl sites for hydroxylation is 1. The van der Waals surface area contributed by atoms with E-state index in [-0.39, 0.29) is 16.9 Å². The number of hydrogen-bond acceptors (Lipinski definition) is 2. The zero-order valence-corrected chi connectivity index (χ0v) is 8.10. The summed E-state index contributed by atoms with van der Waals surface area (Å²) in [6.07, 6.45) is 0.513. The molecule has 0 amide bonds. The third kappa shape index (κ3) is 1.64. The van der Waals surface area contributed by atoms with E-state index < -0.39 is 5.82 Å². The van der Waals surface area contributed by atoms with Gasteiger partial charge in [-0.1, -0.05) is 13.0 Å². The quantitative estimate of drug-likeness (QED) is 0.674. The van der Waals surface area contributed by atoms with Crippen molar-refractivity contribution in [2.24, 2.45) is 0 Å². The van der Waals surface area contributed by atoms with Crippen molar-refractivity contribution in [1.29, 1.82) is 5.26 Å². The van der Waals surface area contributed by atoms with Crippen LogP contribution in [0.1, 0.15) is 35.3 Å². The van der Waals surface area contributed by atoms with Crippen molar-refractivity contribution in [3.8, 4) is 6.07 Å². The van der Waals surface area contributed by atoms with Crippen LogP contribution >= 0.6 is 0 Å². The average molecular weight is 191 g/mol. The Labute approximate surface area is 82.0 Å². The number of nitriles is 1. The van der Waals surface area contributed by atoms with Crippen LogP contribution in [0.3, 0.4) is 0 Å². The first-order valence-electron chi connectivity index (χ1n) is 4.34. The normalized spacial score (nSPS) is 9.57. The number of benzene rings is 1. The van der Waals surface area contributed by atoms with Crippen LogP contribution in [-0.2, 0) is 6.42 Å². The summed E-state index contributed by atoms with van der Waals surface area (Å²) >= 11 is 0. The SMILES string of the molecule is CCc1ccc(C(C)=O)c(C#N)c1F. The lowest BCUT2D eigenvalue weighted by atomic mass is 10.00. The first-order valence-corrected chi connectivity index (χ1v) is 4.34. The molecule has 0 bridgehead atoms. The van der Waals surface area contributed by atoms with Crippen molar-refractivity contribution in [1.82, 2.24) is 0 Å². The number of carbonyl (C=O) groups is 1. The Balaban J connectivity index is 3.45. The molecular weight excluding hydrogens is 181 g/mol. The van der Waals surface area contributed by atoms with Gasteiger partial charge < -0.3 is 0 Å². The van der Waals surface area contributed by atoms with Gasteiger partial charge in [-0.05, 0) is 25.0 Å². The first-order chi connectivity index (χ1) is 6.61. The van der Waals surface area contributed by atoms with E-state index in [1.165, 1.54) is 13.0 Å². The van der Waals surface area contributed by atoms with Crippen molar-refractivity contribution >= 4 is 5.78 Å². The fourth-order valence-electron chi connectivity index (χ4n) is 1.29. The summed E-state index contributed by atoms with van der Waals surface area (Å²) in [6.45, 7) is 3.12. The van der Waals surface area contributed by atoms with Gasteiger partial charge in [0.05, 0.1) is 5.56 Å². The molecule has 2 nitrogen and oxygen atoms in total. The van der Waals surface area contributed by atoms with Crippen molar-refractivity contribution in [3.05, 3.63) is 34.6 Å². The second-order valence-electron chi connectivity index (χ2n) is 2.98. The van der Waals surface area contributed by atoms with Gasteiger partial charge >= 0.3 is 0 Å². The summed E-state index contributed by atoms with van der Waals surface area (Å²) in [5.41, 5.74) is 0.477. The van der Waals surface area contributed by atoms with Gasteiger partial charge in [0.15, 0.2) is 5.78 Å². The van der Waals surface area contributed by atoms with Crippen molar-refractivity contribution in [3.63, 3.8) is 0 Å². The molecule has 0 aliphatic heterocycles. The van der Waals surface area contributed by atoms with E-state index in [1.807, 2.05) is 0 Å². The molecule has 1 rings (SSSR count). The van der Waals surface area contributed by atoms with Gasteiger partial charge in [-0.25, -0.2) is 4.39 Å². The summed E-state index contributed by atoms with van der Waals surface area (Å²) in [5.74, 6) is -0.856. The molecule has 0 heterocycles. The maximum absolute atomic E-state index is 13.5. The fraction of sp³-hybridized carbons (Fsp3) is 0.273. The molecule has 1 aromatic rings. The number of carbonyl (C=O) groups excluding carboxylic acids is 1. The first kappa shape index (κ1) is 10.4. The predicted molar refractivity (Wildman–Crippen MR) is 50.5 cm³/mol. The van der Waals surface area contributed by atoms with E-state index >= 15 is 0 Å². The smallest absolute Gasteiger partial charge is 0.161 e. The molecule has 0 fully saturated rings. The third-order valence-electron chi connectivity index (χ3n) is 2.09. The second-order valence-corrected chi connectivity index (χ2v) is 2.98. The lowest BCUT2D eigenvalue weighted by Crippen LogP contribution is -2.02. The predicted octanol–water partition coefficient (Wildman–Crippen LogP) is 2.46. The number of nitrogens with zero attached hydrogens (tertiary/aromatic N) is 1. The number of rotatable bonds is 2. The van der Waals surface area contributed by atoms with Gasteiger partial charge in [0.1, 0.15) is 11.9 Å². The lowest BCUT2D eigenvalue weighted by Gasteiger charge is -2.04. The molecule has 14 heavy (non-hydrogen) atoms. The molecule has 0 aliphatic carbocycles. The highest BCUT2D eigenvalue weighted by Crippen LogP contribution is 2.18. The monoisotopic (exact) mass is 191 g/mol. The third-order valence-corrected chi connectivity index (χ3v) is 2.09. The molecule has 0 saturated heterocycles. The zero-order valence-electron chi connectivity index (χ0n) is 8.10. The minimum Gasteiger partial charge on any atom is -0.294 e. The van der Waals surface area contributed by atoms with Crippen LogP contribution in [0.5, 0.6) is 0 Å². The van der Waals surface area contributed by atoms with Gasteiger partial charge in [-0.15, -0.1) is 0 Å². The molecule has 0 saturated carbocycles. The number of ketones is 1. The van der Waals surface area contributed by atoms with E-state index in [9.17, 15) is 9.18 Å². The van der Waals surface area contributed by atoms with Crippen LogP contribution in [0.25, 0.3) is 0 Å². The van der Waals surface area contributed by atoms with Gasteiger partial charge in [0, 0.05) is 5.56 Å². The molecule has 0 N–H and O–H groups in total. The van der Waals surface area contributed by atoms with Crippen LogP contribution in [0, 0.1) is 17.1 Å². The minimum atomic E-state index is -0.567. The highest BCUT2D eigenvalue weighted by molar-refractivity contribution is 5.96. The van der Waals surface area contributed by atoms with Crippen LogP contribution < -0.4 is 0 Å². The molecule has 1 aromatic carbocycles. The number of Topliss-reactive ketones (excluding diaryl/α,β-unsaturated/α-hetero) is 1. The zero-order chi connectivity index (χ0) is 10.7. The summed E-state index contributed by atoms with van der Waals surface area (Å²) in [7, 11) is 0. The summed E-state index contributed by atoms with van der Waals surface area (Å²) < 4.78 is 13.5. The van der Waals surface area contributed by atoms with E-state index in [4.69, 9.17) is 5.26 Å². The summed E-state index contributed by atoms with van der Waals surface area (Å²) in [6, 6.07) is 4.78. The maximum Gasteiger partial charge on any atom is 0.161 e. The Morgan fingerprint density at radius 2 is 2.21 bits per heavy atom. The topological polar surface area (TPSA) is 40.9 Å². The lowest BCUT2D eigenvalue weighted by molar-refractivity contribution is 0.101. The Bertz CT molecular complexity index is 418. The molecule has 0 spiro atoms. The van der Waals surface area contributed by atoms with E-state index in [0.29, 0.717) is 12.0 Å². The maximum atomic E-state index is 13.5. The molecule has 0 radical (unpaired) electrons. The van der Waals surface area contributed by atoms with Gasteiger partial charge in [0.25, 0.3) is 0 Å². The van der Waals surface area contributed by atoms with Gasteiger partial charge in [-0.3, -0.25) is 4.79 Å². The highest BCUT2D eigenvalue weighted by atomic mass is 19.1. The fourth-order valence-corrected chi connectivity index (χ4v) is 1.29. The van der Waals surface area contributed by atoms with E-state index in [1.54, 1.807) is 19.1 Å². The van der Waals surface area contributed by atoms with Crippen molar-refractivity contribution in [2.45, 2.75) is 20.3 Å². The molecule has 0 aromatic heterocycles. The molecule has 0 aliphatic rings. The largest absolute Gasteiger partial charge is 0.294 e. The summed E-state index contributed by atoms with van der Waals surface area (Å²) in [4.78, 5) is 11.1. The summed E-state index contributed by atoms with van der Waals surface area (Å²) in [5, 5.41) is 8.73. The van der Waals surface area contributed by atoms with E-state index in [2.05, 4.69) is 0 Å². The van der Waals surface area contributed by atoms with Crippen molar-refractivity contribution in [2.75, 3.05) is 0 Å². The van der Waals surface area contributed by atoms with Gasteiger partial charge in [0.2, 0.25) is 0 Å². The molecule has 72 valence electrons. The number of hydrogen-bond donors (Lipinski definition) is 0. The molecular formula is C11H10FNO. The van der Waals surface area contributed by atoms with Crippen LogP contribution in [0.15, 0.2) is 12.1 Å². The van der Waals surface area contributed by atoms with Crippen LogP contribution in [-0.4, -0.2) is 5.78 Å². The highest BCUT2D eigenvalue weighted by Gasteiger charge is 2.14. The van der Waals surface area contributed by atoms with Crippen LogP contribution in [0.4, 0.5) is 4.39 Å². The second kappa shape index (κ2) is 4.01. The minimum absolute atomic E-state index is 0.142. The number of halogens is 1. The van der Waals surface area contributed by atoms with E-state index in [0.717, 1.165) is 0 Å². The molecule has 3 heteroatoms. The van der Waals surface area contributed by atoms with Crippen molar-refractivity contribution < 1.29 is 9.18 Å². The Morgan fingerprint density at radius 1 is 1.57 bits per heavy atom. The molecule has 0 unspecified atom stereocenters. The Hall–Kier alpha value is -1.69. The Morgan fingerprint density at radius 3 is 2.64 bits per heavy atom. The standard InChI is InChI=1S/C11H10FNO/c1-3-8-4-5-9(7(2)14)10(6-13)11(8)12/h4-5H,3H2,1-2H3. The van der Waals surface area contributed by atoms with Crippen LogP contribution in [0.2, 0.25) is 0 Å². The Kier molecular flexibility index (Phi) is 2.98. The average Bonchev–Trinajstić information content (AvgIpc) is 2.17. The molecule has 0 atom stereocenters. The van der Waals surface area contributed by atoms with Gasteiger partial charge in [-0.2, -0.15) is 5.26 Å².